The summed E-state index contributed by atoms with van der Waals surface area (Å²) in [6, 6.07) is 7.42. The first-order valence-corrected chi connectivity index (χ1v) is 6.39. The first-order valence-electron chi connectivity index (χ1n) is 6.01. The van der Waals surface area contributed by atoms with Gasteiger partial charge in [0.05, 0.1) is 0 Å². The van der Waals surface area contributed by atoms with Crippen molar-refractivity contribution in [2.45, 2.75) is 32.1 Å². The van der Waals surface area contributed by atoms with E-state index in [1.54, 1.807) is 0 Å². The standard InChI is InChI=1S/C13H17ClN2O/c14-11-6-3-7-12(9-11)15-13(16-17)8-10-4-1-2-5-10/h3,6-7,9-10,17H,1-2,4-5,8H2,(H,15,16). The van der Waals surface area contributed by atoms with Crippen molar-refractivity contribution in [2.75, 3.05) is 5.32 Å². The Balaban J connectivity index is 1.95. The Labute approximate surface area is 106 Å². The number of nitrogens with one attached hydrogen (secondary N) is 1. The summed E-state index contributed by atoms with van der Waals surface area (Å²) < 4.78 is 0. The molecule has 0 saturated heterocycles. The van der Waals surface area contributed by atoms with Crippen molar-refractivity contribution in [3.63, 3.8) is 0 Å². The normalized spacial score (nSPS) is 17.4. The van der Waals surface area contributed by atoms with Gasteiger partial charge in [0.25, 0.3) is 0 Å². The minimum atomic E-state index is 0.624. The Morgan fingerprint density at radius 2 is 2.18 bits per heavy atom. The Hall–Kier alpha value is -1.22. The Morgan fingerprint density at radius 1 is 1.41 bits per heavy atom. The number of benzene rings is 1. The zero-order valence-electron chi connectivity index (χ0n) is 9.69. The largest absolute Gasteiger partial charge is 0.409 e. The molecule has 92 valence electrons. The van der Waals surface area contributed by atoms with Gasteiger partial charge in [0.15, 0.2) is 0 Å². The summed E-state index contributed by atoms with van der Waals surface area (Å²) in [6.07, 6.45) is 5.86. The van der Waals surface area contributed by atoms with Crippen LogP contribution >= 0.6 is 11.6 Å². The number of anilines is 1. The highest BCUT2D eigenvalue weighted by Crippen LogP contribution is 2.28. The lowest BCUT2D eigenvalue weighted by Crippen LogP contribution is -2.15. The topological polar surface area (TPSA) is 44.6 Å². The molecule has 0 radical (unpaired) electrons. The molecule has 0 amide bonds. The van der Waals surface area contributed by atoms with Crippen molar-refractivity contribution in [1.82, 2.24) is 0 Å². The van der Waals surface area contributed by atoms with Crippen LogP contribution in [0.1, 0.15) is 32.1 Å². The van der Waals surface area contributed by atoms with Crippen LogP contribution in [0, 0.1) is 5.92 Å². The van der Waals surface area contributed by atoms with E-state index in [1.165, 1.54) is 25.7 Å². The molecule has 0 heterocycles. The van der Waals surface area contributed by atoms with Crippen molar-refractivity contribution < 1.29 is 5.21 Å². The molecule has 2 N–H and O–H groups in total. The maximum Gasteiger partial charge on any atom is 0.146 e. The van der Waals surface area contributed by atoms with Crippen molar-refractivity contribution in [2.24, 2.45) is 11.1 Å². The van der Waals surface area contributed by atoms with Gasteiger partial charge in [-0.15, -0.1) is 0 Å². The van der Waals surface area contributed by atoms with E-state index in [0.29, 0.717) is 16.8 Å². The third-order valence-corrected chi connectivity index (χ3v) is 3.43. The maximum absolute atomic E-state index is 9.01. The zero-order valence-corrected chi connectivity index (χ0v) is 10.5. The third kappa shape index (κ3) is 3.63. The molecule has 1 aromatic carbocycles. The highest BCUT2D eigenvalue weighted by Gasteiger charge is 2.17. The molecule has 0 bridgehead atoms. The number of nitrogens with zero attached hydrogens (tertiary/aromatic N) is 1. The van der Waals surface area contributed by atoms with Gasteiger partial charge >= 0.3 is 0 Å². The first kappa shape index (κ1) is 12.2. The molecule has 2 rings (SSSR count). The van der Waals surface area contributed by atoms with E-state index in [1.807, 2.05) is 24.3 Å². The number of oxime groups is 1. The summed E-state index contributed by atoms with van der Waals surface area (Å²) in [7, 11) is 0. The van der Waals surface area contributed by atoms with Crippen molar-refractivity contribution >= 4 is 23.1 Å². The van der Waals surface area contributed by atoms with Gasteiger partial charge in [-0.05, 0) is 24.1 Å². The summed E-state index contributed by atoms with van der Waals surface area (Å²) in [6.45, 7) is 0. The van der Waals surface area contributed by atoms with Crippen LogP contribution in [0.5, 0.6) is 0 Å². The summed E-state index contributed by atoms with van der Waals surface area (Å²) in [5.41, 5.74) is 0.864. The van der Waals surface area contributed by atoms with Gasteiger partial charge in [-0.3, -0.25) is 0 Å². The summed E-state index contributed by atoms with van der Waals surface area (Å²) >= 11 is 5.90. The molecule has 3 nitrogen and oxygen atoms in total. The molecule has 1 aliphatic rings. The first-order chi connectivity index (χ1) is 8.28. The lowest BCUT2D eigenvalue weighted by molar-refractivity contribution is 0.316. The number of rotatable bonds is 3. The molecule has 0 aliphatic heterocycles. The van der Waals surface area contributed by atoms with Gasteiger partial charge in [-0.1, -0.05) is 48.5 Å². The number of hydrogen-bond acceptors (Lipinski definition) is 2. The number of amidine groups is 1. The van der Waals surface area contributed by atoms with Crippen LogP contribution in [0.4, 0.5) is 5.69 Å². The quantitative estimate of drug-likeness (QED) is 0.368. The van der Waals surface area contributed by atoms with Gasteiger partial charge in [0.1, 0.15) is 5.84 Å². The molecule has 4 heteroatoms. The molecule has 0 atom stereocenters. The van der Waals surface area contributed by atoms with E-state index >= 15 is 0 Å². The van der Waals surface area contributed by atoms with E-state index in [9.17, 15) is 0 Å². The lowest BCUT2D eigenvalue weighted by Gasteiger charge is -2.12. The molecule has 0 aromatic heterocycles. The minimum absolute atomic E-state index is 0.624. The van der Waals surface area contributed by atoms with Gasteiger partial charge in [0.2, 0.25) is 0 Å². The second-order valence-electron chi connectivity index (χ2n) is 4.54. The van der Waals surface area contributed by atoms with Crippen LogP contribution in [0.2, 0.25) is 5.02 Å². The molecule has 17 heavy (non-hydrogen) atoms. The average Bonchev–Trinajstić information content (AvgIpc) is 2.81. The summed E-state index contributed by atoms with van der Waals surface area (Å²) in [5.74, 6) is 1.27. The number of hydrogen-bond donors (Lipinski definition) is 2. The van der Waals surface area contributed by atoms with Crippen molar-refractivity contribution in [3.8, 4) is 0 Å². The second-order valence-corrected chi connectivity index (χ2v) is 4.97. The SMILES string of the molecule is O/N=C(/CC1CCCC1)Nc1cccc(Cl)c1. The fourth-order valence-electron chi connectivity index (χ4n) is 2.34. The third-order valence-electron chi connectivity index (χ3n) is 3.19. The van der Waals surface area contributed by atoms with Crippen molar-refractivity contribution in [3.05, 3.63) is 29.3 Å². The van der Waals surface area contributed by atoms with Crippen LogP contribution in [0.15, 0.2) is 29.4 Å². The molecule has 1 aliphatic carbocycles. The highest BCUT2D eigenvalue weighted by atomic mass is 35.5. The smallest absolute Gasteiger partial charge is 0.146 e. The number of halogens is 1. The summed E-state index contributed by atoms with van der Waals surface area (Å²) in [4.78, 5) is 0. The van der Waals surface area contributed by atoms with E-state index in [0.717, 1.165) is 12.1 Å². The fourth-order valence-corrected chi connectivity index (χ4v) is 2.53. The van der Waals surface area contributed by atoms with E-state index in [2.05, 4.69) is 10.5 Å². The predicted molar refractivity (Wildman–Crippen MR) is 70.9 cm³/mol. The van der Waals surface area contributed by atoms with Gasteiger partial charge in [-0.25, -0.2) is 0 Å². The van der Waals surface area contributed by atoms with E-state index in [4.69, 9.17) is 16.8 Å². The molecule has 1 aromatic rings. The average molecular weight is 253 g/mol. The Morgan fingerprint density at radius 3 is 2.82 bits per heavy atom. The molecule has 0 unspecified atom stereocenters. The maximum atomic E-state index is 9.01. The molecule has 1 fully saturated rings. The van der Waals surface area contributed by atoms with Gasteiger partial charge < -0.3 is 10.5 Å². The van der Waals surface area contributed by atoms with Crippen LogP contribution in [0.25, 0.3) is 0 Å². The fraction of sp³-hybridized carbons (Fsp3) is 0.462. The molecule has 1 saturated carbocycles. The second kappa shape index (κ2) is 5.92. The van der Waals surface area contributed by atoms with Crippen molar-refractivity contribution in [1.29, 1.82) is 0 Å². The monoisotopic (exact) mass is 252 g/mol. The lowest BCUT2D eigenvalue weighted by atomic mass is 10.0. The van der Waals surface area contributed by atoms with E-state index in [-0.39, 0.29) is 0 Å². The molecular weight excluding hydrogens is 236 g/mol. The Bertz CT molecular complexity index is 400. The van der Waals surface area contributed by atoms with E-state index < -0.39 is 0 Å². The van der Waals surface area contributed by atoms with Crippen LogP contribution in [-0.2, 0) is 0 Å². The van der Waals surface area contributed by atoms with Crippen LogP contribution in [0.3, 0.4) is 0 Å². The minimum Gasteiger partial charge on any atom is -0.409 e. The molecular formula is C13H17ClN2O. The summed E-state index contributed by atoms with van der Waals surface area (Å²) in [5, 5.41) is 16.1. The van der Waals surface area contributed by atoms with Gasteiger partial charge in [0, 0.05) is 17.1 Å². The van der Waals surface area contributed by atoms with Crippen LogP contribution < -0.4 is 5.32 Å². The predicted octanol–water partition coefficient (Wildman–Crippen LogP) is 4.12. The molecule has 0 spiro atoms. The highest BCUT2D eigenvalue weighted by molar-refractivity contribution is 6.30. The Kier molecular flexibility index (Phi) is 4.26. The van der Waals surface area contributed by atoms with Gasteiger partial charge in [-0.2, -0.15) is 0 Å². The van der Waals surface area contributed by atoms with Crippen LogP contribution in [-0.4, -0.2) is 11.0 Å². The zero-order chi connectivity index (χ0) is 12.1.